The molecule has 5 nitrogen and oxygen atoms in total. The summed E-state index contributed by atoms with van der Waals surface area (Å²) in [6.45, 7) is 3.38. The number of rotatable bonds is 6. The summed E-state index contributed by atoms with van der Waals surface area (Å²) in [4.78, 5) is 23.1. The summed E-state index contributed by atoms with van der Waals surface area (Å²) in [7, 11) is 0. The van der Waals surface area contributed by atoms with E-state index in [2.05, 4.69) is 0 Å². The molecule has 5 heteroatoms. The van der Waals surface area contributed by atoms with Crippen molar-refractivity contribution in [2.75, 3.05) is 0 Å². The normalized spacial score (nSPS) is 11.6. The number of benzene rings is 2. The molecule has 0 aliphatic carbocycles. The van der Waals surface area contributed by atoms with E-state index in [0.29, 0.717) is 12.2 Å². The molecule has 2 N–H and O–H groups in total. The Balaban J connectivity index is 1.94. The van der Waals surface area contributed by atoms with E-state index >= 15 is 0 Å². The van der Waals surface area contributed by atoms with Crippen molar-refractivity contribution < 1.29 is 19.1 Å². The quantitative estimate of drug-likeness (QED) is 0.651. The number of hydrogen-bond donors (Lipinski definition) is 1. The minimum atomic E-state index is -0.776. The highest BCUT2D eigenvalue weighted by Gasteiger charge is 2.17. The van der Waals surface area contributed by atoms with Crippen molar-refractivity contribution in [2.45, 2.75) is 32.9 Å². The van der Waals surface area contributed by atoms with Gasteiger partial charge in [0.05, 0.1) is 0 Å². The highest BCUT2D eigenvalue weighted by atomic mass is 16.5. The standard InChI is InChI=1S/C19H21NO4/c1-13-8-9-16(11-18(13)24-14(2)21)10-17(20)19(22)23-12-15-6-4-3-5-7-15/h3-9,11,17H,10,12,20H2,1-2H3. The zero-order chi connectivity index (χ0) is 17.5. The summed E-state index contributed by atoms with van der Waals surface area (Å²) in [6, 6.07) is 14.0. The average Bonchev–Trinajstić information content (AvgIpc) is 2.56. The van der Waals surface area contributed by atoms with Crippen molar-refractivity contribution in [1.82, 2.24) is 0 Å². The van der Waals surface area contributed by atoms with Gasteiger partial charge in [-0.05, 0) is 36.1 Å². The first-order chi connectivity index (χ1) is 11.5. The molecule has 0 aliphatic rings. The van der Waals surface area contributed by atoms with Crippen LogP contribution in [0.1, 0.15) is 23.6 Å². The van der Waals surface area contributed by atoms with Crippen LogP contribution in [0.5, 0.6) is 5.75 Å². The van der Waals surface area contributed by atoms with Crippen molar-refractivity contribution in [3.63, 3.8) is 0 Å². The SMILES string of the molecule is CC(=O)Oc1cc(CC(N)C(=O)OCc2ccccc2)ccc1C. The summed E-state index contributed by atoms with van der Waals surface area (Å²) in [5.41, 5.74) is 8.48. The zero-order valence-electron chi connectivity index (χ0n) is 13.8. The van der Waals surface area contributed by atoms with Crippen LogP contribution in [0, 0.1) is 6.92 Å². The van der Waals surface area contributed by atoms with E-state index in [1.165, 1.54) is 6.92 Å². The van der Waals surface area contributed by atoms with Gasteiger partial charge in [0.25, 0.3) is 0 Å². The number of esters is 2. The zero-order valence-corrected chi connectivity index (χ0v) is 13.8. The van der Waals surface area contributed by atoms with Gasteiger partial charge in [-0.3, -0.25) is 9.59 Å². The Bertz CT molecular complexity index is 713. The molecule has 0 amide bonds. The van der Waals surface area contributed by atoms with Crippen LogP contribution in [-0.4, -0.2) is 18.0 Å². The fraction of sp³-hybridized carbons (Fsp3) is 0.263. The maximum atomic E-state index is 12.0. The Morgan fingerprint density at radius 2 is 1.79 bits per heavy atom. The molecule has 0 radical (unpaired) electrons. The average molecular weight is 327 g/mol. The van der Waals surface area contributed by atoms with Crippen molar-refractivity contribution in [3.05, 3.63) is 65.2 Å². The molecule has 0 spiro atoms. The van der Waals surface area contributed by atoms with E-state index in [-0.39, 0.29) is 12.6 Å². The summed E-state index contributed by atoms with van der Waals surface area (Å²) < 4.78 is 10.4. The summed E-state index contributed by atoms with van der Waals surface area (Å²) in [5, 5.41) is 0. The first kappa shape index (κ1) is 17.7. The molecule has 126 valence electrons. The lowest BCUT2D eigenvalue weighted by Crippen LogP contribution is -2.34. The molecule has 24 heavy (non-hydrogen) atoms. The summed E-state index contributed by atoms with van der Waals surface area (Å²) >= 11 is 0. The van der Waals surface area contributed by atoms with Gasteiger partial charge in [-0.1, -0.05) is 42.5 Å². The molecule has 0 heterocycles. The minimum Gasteiger partial charge on any atom is -0.460 e. The van der Waals surface area contributed by atoms with Crippen LogP contribution in [0.2, 0.25) is 0 Å². The first-order valence-corrected chi connectivity index (χ1v) is 7.70. The molecule has 0 bridgehead atoms. The van der Waals surface area contributed by atoms with Crippen molar-refractivity contribution in [3.8, 4) is 5.75 Å². The Hall–Kier alpha value is -2.66. The Morgan fingerprint density at radius 3 is 2.46 bits per heavy atom. The highest BCUT2D eigenvalue weighted by molar-refractivity contribution is 5.76. The first-order valence-electron chi connectivity index (χ1n) is 7.70. The topological polar surface area (TPSA) is 78.6 Å². The third-order valence-electron chi connectivity index (χ3n) is 3.49. The van der Waals surface area contributed by atoms with Crippen LogP contribution in [0.4, 0.5) is 0 Å². The Kier molecular flexibility index (Phi) is 6.09. The van der Waals surface area contributed by atoms with E-state index < -0.39 is 12.0 Å². The maximum absolute atomic E-state index is 12.0. The predicted octanol–water partition coefficient (Wildman–Crippen LogP) is 2.53. The van der Waals surface area contributed by atoms with Crippen molar-refractivity contribution in [1.29, 1.82) is 0 Å². The van der Waals surface area contributed by atoms with E-state index in [1.807, 2.05) is 49.4 Å². The summed E-state index contributed by atoms with van der Waals surface area (Å²) in [6.07, 6.45) is 0.308. The van der Waals surface area contributed by atoms with Crippen molar-refractivity contribution >= 4 is 11.9 Å². The van der Waals surface area contributed by atoms with Gasteiger partial charge in [0.1, 0.15) is 18.4 Å². The van der Waals surface area contributed by atoms with Crippen LogP contribution in [0.25, 0.3) is 0 Å². The molecule has 1 atom stereocenters. The second-order valence-corrected chi connectivity index (χ2v) is 5.60. The number of hydrogen-bond acceptors (Lipinski definition) is 5. The second kappa shape index (κ2) is 8.26. The molecule has 0 aliphatic heterocycles. The van der Waals surface area contributed by atoms with Crippen LogP contribution in [0.3, 0.4) is 0 Å². The Morgan fingerprint density at radius 1 is 1.08 bits per heavy atom. The van der Waals surface area contributed by atoms with Gasteiger partial charge in [-0.25, -0.2) is 0 Å². The highest BCUT2D eigenvalue weighted by Crippen LogP contribution is 2.20. The van der Waals surface area contributed by atoms with E-state index in [9.17, 15) is 9.59 Å². The van der Waals surface area contributed by atoms with Gasteiger partial charge in [0, 0.05) is 6.92 Å². The van der Waals surface area contributed by atoms with Gasteiger partial charge in [-0.15, -0.1) is 0 Å². The molecule has 0 fully saturated rings. The van der Waals surface area contributed by atoms with Gasteiger partial charge in [0.15, 0.2) is 0 Å². The lowest BCUT2D eigenvalue weighted by Gasteiger charge is -2.13. The predicted molar refractivity (Wildman–Crippen MR) is 90.4 cm³/mol. The number of ether oxygens (including phenoxy) is 2. The lowest BCUT2D eigenvalue weighted by atomic mass is 10.0. The van der Waals surface area contributed by atoms with E-state index in [4.69, 9.17) is 15.2 Å². The number of carbonyl (C=O) groups excluding carboxylic acids is 2. The van der Waals surface area contributed by atoms with Gasteiger partial charge in [0.2, 0.25) is 0 Å². The molecular weight excluding hydrogens is 306 g/mol. The van der Waals surface area contributed by atoms with Gasteiger partial charge < -0.3 is 15.2 Å². The molecule has 0 saturated heterocycles. The largest absolute Gasteiger partial charge is 0.460 e. The second-order valence-electron chi connectivity index (χ2n) is 5.60. The van der Waals surface area contributed by atoms with Crippen molar-refractivity contribution in [2.24, 2.45) is 5.73 Å². The lowest BCUT2D eigenvalue weighted by molar-refractivity contribution is -0.146. The molecule has 0 aromatic heterocycles. The van der Waals surface area contributed by atoms with Gasteiger partial charge >= 0.3 is 11.9 Å². The molecule has 2 aromatic rings. The molecule has 2 aromatic carbocycles. The Labute approximate surface area is 141 Å². The number of carbonyl (C=O) groups is 2. The maximum Gasteiger partial charge on any atom is 0.323 e. The molecular formula is C19H21NO4. The third-order valence-corrected chi connectivity index (χ3v) is 3.49. The molecule has 0 saturated carbocycles. The fourth-order valence-electron chi connectivity index (χ4n) is 2.21. The number of aryl methyl sites for hydroxylation is 1. The van der Waals surface area contributed by atoms with Gasteiger partial charge in [-0.2, -0.15) is 0 Å². The smallest absolute Gasteiger partial charge is 0.323 e. The van der Waals surface area contributed by atoms with Crippen LogP contribution >= 0.6 is 0 Å². The molecule has 1 unspecified atom stereocenters. The molecule has 2 rings (SSSR count). The third kappa shape index (κ3) is 5.21. The van der Waals surface area contributed by atoms with Crippen LogP contribution in [0.15, 0.2) is 48.5 Å². The number of nitrogens with two attached hydrogens (primary N) is 1. The van der Waals surface area contributed by atoms with E-state index in [0.717, 1.165) is 16.7 Å². The minimum absolute atomic E-state index is 0.194. The van der Waals surface area contributed by atoms with Crippen LogP contribution in [-0.2, 0) is 27.4 Å². The summed E-state index contributed by atoms with van der Waals surface area (Å²) in [5.74, 6) is -0.375. The van der Waals surface area contributed by atoms with E-state index in [1.54, 1.807) is 6.07 Å². The van der Waals surface area contributed by atoms with Crippen LogP contribution < -0.4 is 10.5 Å². The fourth-order valence-corrected chi connectivity index (χ4v) is 2.21. The monoisotopic (exact) mass is 327 g/mol.